The molecular weight excluding hydrogens is 348 g/mol. The standard InChI is InChI=1S/C19H18F4N2O/c20-16-6-2-4-14(11-16)17-12-24-7-8-25(17)18(26)10-13-3-1-5-15(9-13)19(21,22)23/h1-6,9,11,17,24H,7-8,10,12H2. The summed E-state index contributed by atoms with van der Waals surface area (Å²) >= 11 is 0. The molecule has 1 atom stereocenters. The van der Waals surface area contributed by atoms with Gasteiger partial charge in [-0.2, -0.15) is 13.2 Å². The third-order valence-electron chi connectivity index (χ3n) is 4.41. The maximum atomic E-state index is 13.5. The fourth-order valence-corrected chi connectivity index (χ4v) is 3.15. The Hall–Kier alpha value is -2.41. The van der Waals surface area contributed by atoms with E-state index in [0.29, 0.717) is 30.8 Å². The Kier molecular flexibility index (Phi) is 5.27. The normalized spacial score (nSPS) is 18.0. The number of halogens is 4. The molecule has 0 aliphatic carbocycles. The van der Waals surface area contributed by atoms with Gasteiger partial charge in [-0.15, -0.1) is 0 Å². The van der Waals surface area contributed by atoms with Crippen LogP contribution >= 0.6 is 0 Å². The smallest absolute Gasteiger partial charge is 0.333 e. The summed E-state index contributed by atoms with van der Waals surface area (Å²) < 4.78 is 52.0. The van der Waals surface area contributed by atoms with Gasteiger partial charge >= 0.3 is 6.18 Å². The van der Waals surface area contributed by atoms with E-state index in [1.54, 1.807) is 17.0 Å². The van der Waals surface area contributed by atoms with E-state index in [-0.39, 0.29) is 18.4 Å². The molecule has 1 heterocycles. The Morgan fingerprint density at radius 2 is 1.92 bits per heavy atom. The van der Waals surface area contributed by atoms with E-state index in [9.17, 15) is 22.4 Å². The summed E-state index contributed by atoms with van der Waals surface area (Å²) in [5.41, 5.74) is 0.195. The number of amides is 1. The van der Waals surface area contributed by atoms with Gasteiger partial charge in [0.2, 0.25) is 5.91 Å². The minimum atomic E-state index is -4.45. The second-order valence-corrected chi connectivity index (χ2v) is 6.24. The van der Waals surface area contributed by atoms with Gasteiger partial charge in [0.15, 0.2) is 0 Å². The molecule has 0 aromatic heterocycles. The number of benzene rings is 2. The van der Waals surface area contributed by atoms with Crippen molar-refractivity contribution in [2.45, 2.75) is 18.6 Å². The monoisotopic (exact) mass is 366 g/mol. The van der Waals surface area contributed by atoms with E-state index in [2.05, 4.69) is 5.32 Å². The average molecular weight is 366 g/mol. The molecule has 1 unspecified atom stereocenters. The van der Waals surface area contributed by atoms with E-state index in [1.165, 1.54) is 24.3 Å². The molecule has 3 nitrogen and oxygen atoms in total. The van der Waals surface area contributed by atoms with Crippen LogP contribution in [0.15, 0.2) is 48.5 Å². The van der Waals surface area contributed by atoms with Crippen LogP contribution in [0.4, 0.5) is 17.6 Å². The quantitative estimate of drug-likeness (QED) is 0.843. The molecule has 1 aliphatic heterocycles. The lowest BCUT2D eigenvalue weighted by molar-refractivity contribution is -0.138. The Morgan fingerprint density at radius 3 is 2.65 bits per heavy atom. The second-order valence-electron chi connectivity index (χ2n) is 6.24. The topological polar surface area (TPSA) is 32.3 Å². The first-order valence-electron chi connectivity index (χ1n) is 8.26. The predicted molar refractivity (Wildman–Crippen MR) is 88.9 cm³/mol. The van der Waals surface area contributed by atoms with Gasteiger partial charge in [0, 0.05) is 19.6 Å². The Morgan fingerprint density at radius 1 is 1.15 bits per heavy atom. The molecule has 0 bridgehead atoms. The zero-order chi connectivity index (χ0) is 18.7. The second kappa shape index (κ2) is 7.45. The molecule has 7 heteroatoms. The Balaban J connectivity index is 1.79. The van der Waals surface area contributed by atoms with E-state index in [0.717, 1.165) is 12.1 Å². The van der Waals surface area contributed by atoms with Crippen LogP contribution in [0.3, 0.4) is 0 Å². The SMILES string of the molecule is O=C(Cc1cccc(C(F)(F)F)c1)N1CCNCC1c1cccc(F)c1. The van der Waals surface area contributed by atoms with Crippen LogP contribution in [0.5, 0.6) is 0 Å². The number of nitrogens with zero attached hydrogens (tertiary/aromatic N) is 1. The Bertz CT molecular complexity index is 791. The highest BCUT2D eigenvalue weighted by molar-refractivity contribution is 5.79. The summed E-state index contributed by atoms with van der Waals surface area (Å²) in [6.07, 6.45) is -4.58. The lowest BCUT2D eigenvalue weighted by Gasteiger charge is -2.36. The molecule has 0 radical (unpaired) electrons. The van der Waals surface area contributed by atoms with Crippen molar-refractivity contribution < 1.29 is 22.4 Å². The average Bonchev–Trinajstić information content (AvgIpc) is 2.61. The van der Waals surface area contributed by atoms with E-state index >= 15 is 0 Å². The molecule has 2 aromatic rings. The molecule has 2 aromatic carbocycles. The highest BCUT2D eigenvalue weighted by atomic mass is 19.4. The lowest BCUT2D eigenvalue weighted by atomic mass is 10.0. The molecule has 1 amide bonds. The number of carbonyl (C=O) groups is 1. The molecule has 1 fully saturated rings. The number of rotatable bonds is 3. The summed E-state index contributed by atoms with van der Waals surface area (Å²) in [7, 11) is 0. The molecule has 0 saturated carbocycles. The number of piperazine rings is 1. The van der Waals surface area contributed by atoms with E-state index < -0.39 is 17.6 Å². The van der Waals surface area contributed by atoms with Crippen LogP contribution in [0.1, 0.15) is 22.7 Å². The van der Waals surface area contributed by atoms with Crippen LogP contribution < -0.4 is 5.32 Å². The third kappa shape index (κ3) is 4.22. The summed E-state index contributed by atoms with van der Waals surface area (Å²) in [5, 5.41) is 3.17. The van der Waals surface area contributed by atoms with Crippen molar-refractivity contribution in [3.63, 3.8) is 0 Å². The minimum absolute atomic E-state index is 0.129. The number of nitrogens with one attached hydrogen (secondary N) is 1. The largest absolute Gasteiger partial charge is 0.416 e. The molecule has 1 aliphatic rings. The van der Waals surface area contributed by atoms with Gasteiger partial charge in [-0.25, -0.2) is 4.39 Å². The molecule has 26 heavy (non-hydrogen) atoms. The fourth-order valence-electron chi connectivity index (χ4n) is 3.15. The van der Waals surface area contributed by atoms with E-state index in [4.69, 9.17) is 0 Å². The number of hydrogen-bond donors (Lipinski definition) is 1. The summed E-state index contributed by atoms with van der Waals surface area (Å²) in [5.74, 6) is -0.668. The fraction of sp³-hybridized carbons (Fsp3) is 0.316. The van der Waals surface area contributed by atoms with Crippen LogP contribution in [-0.4, -0.2) is 30.4 Å². The number of hydrogen-bond acceptors (Lipinski definition) is 2. The first-order chi connectivity index (χ1) is 12.3. The molecule has 3 rings (SSSR count). The van der Waals surface area contributed by atoms with Crippen molar-refractivity contribution in [2.75, 3.05) is 19.6 Å². The minimum Gasteiger partial charge on any atom is -0.333 e. The zero-order valence-electron chi connectivity index (χ0n) is 13.9. The number of alkyl halides is 3. The van der Waals surface area contributed by atoms with Gasteiger partial charge in [-0.05, 0) is 29.3 Å². The van der Waals surface area contributed by atoms with Crippen molar-refractivity contribution in [2.24, 2.45) is 0 Å². The molecule has 1 saturated heterocycles. The van der Waals surface area contributed by atoms with Gasteiger partial charge in [-0.3, -0.25) is 4.79 Å². The predicted octanol–water partition coefficient (Wildman–Crippen LogP) is 3.56. The maximum Gasteiger partial charge on any atom is 0.416 e. The Labute approximate surface area is 148 Å². The molecule has 1 N–H and O–H groups in total. The number of carbonyl (C=O) groups excluding carboxylic acids is 1. The first kappa shape index (κ1) is 18.4. The third-order valence-corrected chi connectivity index (χ3v) is 4.41. The maximum absolute atomic E-state index is 13.5. The molecule has 138 valence electrons. The van der Waals surface area contributed by atoms with Gasteiger partial charge in [0.25, 0.3) is 0 Å². The van der Waals surface area contributed by atoms with Crippen LogP contribution in [0.2, 0.25) is 0 Å². The molecule has 0 spiro atoms. The summed E-state index contributed by atoms with van der Waals surface area (Å²) in [4.78, 5) is 14.3. The van der Waals surface area contributed by atoms with Crippen LogP contribution in [0, 0.1) is 5.82 Å². The van der Waals surface area contributed by atoms with Crippen molar-refractivity contribution >= 4 is 5.91 Å². The zero-order valence-corrected chi connectivity index (χ0v) is 13.9. The lowest BCUT2D eigenvalue weighted by Crippen LogP contribution is -2.49. The van der Waals surface area contributed by atoms with E-state index in [1.807, 2.05) is 0 Å². The highest BCUT2D eigenvalue weighted by Crippen LogP contribution is 2.30. The molecular formula is C19H18F4N2O. The van der Waals surface area contributed by atoms with Crippen molar-refractivity contribution in [3.8, 4) is 0 Å². The van der Waals surface area contributed by atoms with Gasteiger partial charge in [0.05, 0.1) is 18.0 Å². The van der Waals surface area contributed by atoms with Gasteiger partial charge in [-0.1, -0.05) is 30.3 Å². The summed E-state index contributed by atoms with van der Waals surface area (Å²) in [6.45, 7) is 1.47. The van der Waals surface area contributed by atoms with Gasteiger partial charge in [0.1, 0.15) is 5.82 Å². The highest BCUT2D eigenvalue weighted by Gasteiger charge is 2.31. The van der Waals surface area contributed by atoms with Gasteiger partial charge < -0.3 is 10.2 Å². The van der Waals surface area contributed by atoms with Crippen molar-refractivity contribution in [1.82, 2.24) is 10.2 Å². The summed E-state index contributed by atoms with van der Waals surface area (Å²) in [6, 6.07) is 10.5. The van der Waals surface area contributed by atoms with Crippen molar-refractivity contribution in [3.05, 3.63) is 71.0 Å². The van der Waals surface area contributed by atoms with Crippen LogP contribution in [0.25, 0.3) is 0 Å². The van der Waals surface area contributed by atoms with Crippen LogP contribution in [-0.2, 0) is 17.4 Å². The first-order valence-corrected chi connectivity index (χ1v) is 8.26. The van der Waals surface area contributed by atoms with Crippen molar-refractivity contribution in [1.29, 1.82) is 0 Å².